The van der Waals surface area contributed by atoms with Crippen LogP contribution >= 0.6 is 0 Å². The van der Waals surface area contributed by atoms with E-state index in [0.29, 0.717) is 0 Å². The summed E-state index contributed by atoms with van der Waals surface area (Å²) in [6, 6.07) is 0. The molecule has 0 bridgehead atoms. The van der Waals surface area contributed by atoms with Crippen molar-refractivity contribution in [1.29, 1.82) is 0 Å². The van der Waals surface area contributed by atoms with E-state index < -0.39 is 23.5 Å². The van der Waals surface area contributed by atoms with E-state index in [2.05, 4.69) is 4.84 Å². The molecule has 0 aliphatic carbocycles. The number of hydrogen-bond acceptors (Lipinski definition) is 4. The molecule has 0 saturated heterocycles. The fraction of sp³-hybridized carbons (Fsp3) is 0.667. The Morgan fingerprint density at radius 3 is 2.43 bits per heavy atom. The first-order valence-electron chi connectivity index (χ1n) is 3.70. The molecule has 0 saturated carbocycles. The van der Waals surface area contributed by atoms with Gasteiger partial charge in [0.2, 0.25) is 5.91 Å². The van der Waals surface area contributed by atoms with E-state index in [0.717, 1.165) is 4.90 Å². The van der Waals surface area contributed by atoms with Crippen LogP contribution in [-0.4, -0.2) is 51.9 Å². The Bertz CT molecular complexity index is 240. The number of carboxylic acid groups (broad SMARTS) is 1. The Morgan fingerprint density at radius 1 is 1.50 bits per heavy atom. The third-order valence-corrected chi connectivity index (χ3v) is 1.33. The average Bonchev–Trinajstić information content (AvgIpc) is 2.00. The normalized spacial score (nSPS) is 9.21. The van der Waals surface area contributed by atoms with Crippen molar-refractivity contribution in [2.24, 2.45) is 0 Å². The van der Waals surface area contributed by atoms with Crippen molar-refractivity contribution in [3.8, 4) is 0 Å². The van der Waals surface area contributed by atoms with Gasteiger partial charge in [0.25, 0.3) is 0 Å². The van der Waals surface area contributed by atoms with E-state index in [1.165, 1.54) is 6.92 Å². The van der Waals surface area contributed by atoms with Gasteiger partial charge in [0.15, 0.2) is 6.61 Å². The molecule has 2 N–H and O–H groups in total. The smallest absolute Gasteiger partial charge is 0.475 e. The third kappa shape index (κ3) is 5.75. The predicted octanol–water partition coefficient (Wildman–Crippen LogP) is -0.981. The first-order chi connectivity index (χ1) is 6.43. The lowest BCUT2D eigenvalue weighted by atomic mass is 10.4. The standard InChI is InChI=1S/C6H10N2O6/c1-5(9)7(4-6(10)11)2-3-14-8(12)13/h2-4H2,1H3,(H-,10,11,12,13)/p+1. The van der Waals surface area contributed by atoms with Gasteiger partial charge in [-0.1, -0.05) is 0 Å². The van der Waals surface area contributed by atoms with Crippen LogP contribution in [0.5, 0.6) is 0 Å². The van der Waals surface area contributed by atoms with E-state index in [1.54, 1.807) is 0 Å². The molecular weight excluding hydrogens is 196 g/mol. The van der Waals surface area contributed by atoms with Crippen LogP contribution in [-0.2, 0) is 14.4 Å². The van der Waals surface area contributed by atoms with Gasteiger partial charge in [-0.2, -0.15) is 4.84 Å². The van der Waals surface area contributed by atoms with Gasteiger partial charge < -0.3 is 10.0 Å². The third-order valence-electron chi connectivity index (χ3n) is 1.33. The van der Waals surface area contributed by atoms with Crippen LogP contribution in [0.3, 0.4) is 0 Å². The lowest BCUT2D eigenvalue weighted by molar-refractivity contribution is -0.975. The summed E-state index contributed by atoms with van der Waals surface area (Å²) in [4.78, 5) is 35.9. The van der Waals surface area contributed by atoms with Gasteiger partial charge in [-0.05, 0) is 0 Å². The minimum absolute atomic E-state index is 0.0824. The summed E-state index contributed by atoms with van der Waals surface area (Å²) in [5.74, 6) is -1.62. The Labute approximate surface area is 79.2 Å². The molecule has 8 nitrogen and oxygen atoms in total. The SMILES string of the molecule is CC(=O)N(CCO[N+](=O)O)CC(=O)O. The first kappa shape index (κ1) is 12.1. The van der Waals surface area contributed by atoms with Crippen molar-refractivity contribution in [3.05, 3.63) is 4.91 Å². The molecule has 0 fully saturated rings. The summed E-state index contributed by atoms with van der Waals surface area (Å²) >= 11 is 0. The molecule has 0 aromatic rings. The highest BCUT2D eigenvalue weighted by molar-refractivity contribution is 5.79. The van der Waals surface area contributed by atoms with E-state index >= 15 is 0 Å². The quantitative estimate of drug-likeness (QED) is 0.542. The first-order valence-corrected chi connectivity index (χ1v) is 3.70. The highest BCUT2D eigenvalue weighted by Crippen LogP contribution is 1.89. The van der Waals surface area contributed by atoms with Crippen LogP contribution in [0.25, 0.3) is 0 Å². The number of aliphatic carboxylic acids is 1. The van der Waals surface area contributed by atoms with Crippen molar-refractivity contribution < 1.29 is 29.8 Å². The van der Waals surface area contributed by atoms with Crippen LogP contribution in [0.4, 0.5) is 0 Å². The van der Waals surface area contributed by atoms with E-state index in [-0.39, 0.29) is 13.2 Å². The molecule has 0 atom stereocenters. The monoisotopic (exact) mass is 207 g/mol. The lowest BCUT2D eigenvalue weighted by Gasteiger charge is -2.16. The summed E-state index contributed by atoms with van der Waals surface area (Å²) in [5.41, 5.74) is 0. The van der Waals surface area contributed by atoms with Crippen LogP contribution in [0.2, 0.25) is 0 Å². The number of nitrogens with zero attached hydrogens (tertiary/aromatic N) is 2. The van der Waals surface area contributed by atoms with Gasteiger partial charge >= 0.3 is 11.1 Å². The fourth-order valence-electron chi connectivity index (χ4n) is 0.740. The second-order valence-electron chi connectivity index (χ2n) is 2.41. The summed E-state index contributed by atoms with van der Waals surface area (Å²) in [7, 11) is 0. The largest absolute Gasteiger partial charge is 0.480 e. The Balaban J connectivity index is 3.91. The van der Waals surface area contributed by atoms with Crippen molar-refractivity contribution in [1.82, 2.24) is 4.90 Å². The van der Waals surface area contributed by atoms with Crippen molar-refractivity contribution >= 4 is 11.9 Å². The molecule has 1 amide bonds. The summed E-state index contributed by atoms with van der Waals surface area (Å²) in [6.07, 6.45) is 0. The second kappa shape index (κ2) is 5.73. The minimum Gasteiger partial charge on any atom is -0.480 e. The Morgan fingerprint density at radius 2 is 2.07 bits per heavy atom. The van der Waals surface area contributed by atoms with Crippen molar-refractivity contribution in [3.63, 3.8) is 0 Å². The van der Waals surface area contributed by atoms with Gasteiger partial charge in [-0.15, -0.1) is 0 Å². The molecule has 0 aromatic heterocycles. The number of rotatable bonds is 6. The van der Waals surface area contributed by atoms with Crippen LogP contribution < -0.4 is 0 Å². The fourth-order valence-corrected chi connectivity index (χ4v) is 0.740. The molecule has 8 heteroatoms. The predicted molar refractivity (Wildman–Crippen MR) is 41.3 cm³/mol. The summed E-state index contributed by atoms with van der Waals surface area (Å²) in [5, 5.41) is 15.7. The maximum atomic E-state index is 10.8. The number of amides is 1. The van der Waals surface area contributed by atoms with Crippen LogP contribution in [0.1, 0.15) is 6.92 Å². The zero-order chi connectivity index (χ0) is 11.1. The maximum Gasteiger partial charge on any atom is 0.475 e. The maximum absolute atomic E-state index is 10.8. The average molecular weight is 207 g/mol. The van der Waals surface area contributed by atoms with Gasteiger partial charge in [0.05, 0.1) is 6.54 Å². The summed E-state index contributed by atoms with van der Waals surface area (Å²) in [6.45, 7) is 0.369. The Kier molecular flexibility index (Phi) is 4.97. The molecule has 14 heavy (non-hydrogen) atoms. The van der Waals surface area contributed by atoms with Crippen LogP contribution in [0, 0.1) is 4.91 Å². The van der Waals surface area contributed by atoms with Gasteiger partial charge in [-0.25, -0.2) is 5.21 Å². The summed E-state index contributed by atoms with van der Waals surface area (Å²) < 4.78 is 0. The number of carbonyl (C=O) groups excluding carboxylic acids is 1. The van der Waals surface area contributed by atoms with E-state index in [9.17, 15) is 14.5 Å². The molecule has 0 spiro atoms. The molecule has 0 rings (SSSR count). The topological polar surface area (TPSA) is 107 Å². The van der Waals surface area contributed by atoms with Gasteiger partial charge in [0.1, 0.15) is 11.5 Å². The molecule has 80 valence electrons. The molecular formula is C6H11N2O6+. The number of carboxylic acids is 1. The number of carbonyl (C=O) groups is 2. The highest BCUT2D eigenvalue weighted by atomic mass is 16.9. The van der Waals surface area contributed by atoms with Crippen molar-refractivity contribution in [2.75, 3.05) is 19.7 Å². The molecule has 0 unspecified atom stereocenters. The van der Waals surface area contributed by atoms with Crippen LogP contribution in [0.15, 0.2) is 0 Å². The molecule has 0 radical (unpaired) electrons. The lowest BCUT2D eigenvalue weighted by Crippen LogP contribution is -2.36. The zero-order valence-corrected chi connectivity index (χ0v) is 7.54. The zero-order valence-electron chi connectivity index (χ0n) is 7.54. The van der Waals surface area contributed by atoms with E-state index in [4.69, 9.17) is 10.3 Å². The number of hydrogen-bond donors (Lipinski definition) is 2. The second-order valence-corrected chi connectivity index (χ2v) is 2.41. The van der Waals surface area contributed by atoms with Crippen molar-refractivity contribution in [2.45, 2.75) is 6.92 Å². The molecule has 0 heterocycles. The Hall–Kier alpha value is -1.86. The van der Waals surface area contributed by atoms with E-state index in [1.807, 2.05) is 0 Å². The van der Waals surface area contributed by atoms with Gasteiger partial charge in [0, 0.05) is 6.92 Å². The van der Waals surface area contributed by atoms with Gasteiger partial charge in [-0.3, -0.25) is 9.59 Å². The molecule has 0 aliphatic heterocycles. The minimum atomic E-state index is -1.16. The molecule has 0 aromatic carbocycles. The molecule has 0 aliphatic rings. The highest BCUT2D eigenvalue weighted by Gasteiger charge is 2.14.